The second-order valence-electron chi connectivity index (χ2n) is 7.28. The van der Waals surface area contributed by atoms with Gasteiger partial charge in [-0.3, -0.25) is 9.69 Å². The lowest BCUT2D eigenvalue weighted by atomic mass is 10.0. The van der Waals surface area contributed by atoms with Crippen molar-refractivity contribution in [2.75, 3.05) is 31.1 Å². The van der Waals surface area contributed by atoms with E-state index in [0.717, 1.165) is 53.4 Å². The van der Waals surface area contributed by atoms with Gasteiger partial charge in [0.25, 0.3) is 5.56 Å². The van der Waals surface area contributed by atoms with Gasteiger partial charge in [-0.1, -0.05) is 35.9 Å². The van der Waals surface area contributed by atoms with Crippen LogP contribution in [0.25, 0.3) is 10.9 Å². The van der Waals surface area contributed by atoms with Gasteiger partial charge in [0.1, 0.15) is 0 Å². The van der Waals surface area contributed by atoms with Crippen LogP contribution in [0.4, 0.5) is 5.69 Å². The predicted octanol–water partition coefficient (Wildman–Crippen LogP) is 4.37. The molecule has 2 heterocycles. The Morgan fingerprint density at radius 1 is 1.04 bits per heavy atom. The van der Waals surface area contributed by atoms with Crippen molar-refractivity contribution in [3.8, 4) is 0 Å². The Bertz CT molecular complexity index is 1020. The van der Waals surface area contributed by atoms with Crippen LogP contribution in [0.1, 0.15) is 24.1 Å². The third kappa shape index (κ3) is 3.60. The van der Waals surface area contributed by atoms with E-state index in [-0.39, 0.29) is 5.56 Å². The Hall–Kier alpha value is -2.30. The summed E-state index contributed by atoms with van der Waals surface area (Å²) in [4.78, 5) is 19.8. The monoisotopic (exact) mass is 381 g/mol. The SMILES string of the molecule is Cc1cc2ccc(C(C)N3CCN(c4ccccc4Cl)CC3)cc2[nH]c1=O. The number of rotatable bonds is 3. The second kappa shape index (κ2) is 7.37. The molecule has 1 fully saturated rings. The molecule has 1 aliphatic rings. The van der Waals surface area contributed by atoms with Crippen LogP contribution in [0, 0.1) is 6.92 Å². The smallest absolute Gasteiger partial charge is 0.251 e. The molecule has 0 amide bonds. The highest BCUT2D eigenvalue weighted by molar-refractivity contribution is 6.33. The number of aromatic amines is 1. The fourth-order valence-corrected chi connectivity index (χ4v) is 4.11. The summed E-state index contributed by atoms with van der Waals surface area (Å²) in [5.41, 5.74) is 3.99. The number of aromatic nitrogens is 1. The number of nitrogens with one attached hydrogen (secondary N) is 1. The summed E-state index contributed by atoms with van der Waals surface area (Å²) in [5.74, 6) is 0. The lowest BCUT2D eigenvalue weighted by molar-refractivity contribution is 0.198. The van der Waals surface area contributed by atoms with E-state index in [1.54, 1.807) is 0 Å². The molecule has 2 aromatic carbocycles. The number of halogens is 1. The summed E-state index contributed by atoms with van der Waals surface area (Å²) in [6, 6.07) is 16.7. The van der Waals surface area contributed by atoms with Crippen LogP contribution in [0.2, 0.25) is 5.02 Å². The van der Waals surface area contributed by atoms with Crippen LogP contribution >= 0.6 is 11.6 Å². The van der Waals surface area contributed by atoms with E-state index in [1.807, 2.05) is 31.2 Å². The van der Waals surface area contributed by atoms with Gasteiger partial charge in [-0.25, -0.2) is 0 Å². The molecule has 1 aliphatic heterocycles. The summed E-state index contributed by atoms with van der Waals surface area (Å²) in [7, 11) is 0. The number of para-hydroxylation sites is 1. The van der Waals surface area contributed by atoms with Gasteiger partial charge in [-0.05, 0) is 49.1 Å². The molecule has 0 bridgehead atoms. The van der Waals surface area contributed by atoms with Gasteiger partial charge in [0.05, 0.1) is 10.7 Å². The summed E-state index contributed by atoms with van der Waals surface area (Å²) >= 11 is 6.35. The fourth-order valence-electron chi connectivity index (χ4n) is 3.86. The molecule has 4 rings (SSSR count). The van der Waals surface area contributed by atoms with E-state index in [4.69, 9.17) is 11.6 Å². The minimum absolute atomic E-state index is 0.0133. The van der Waals surface area contributed by atoms with E-state index >= 15 is 0 Å². The van der Waals surface area contributed by atoms with Crippen LogP contribution < -0.4 is 10.5 Å². The number of pyridine rings is 1. The molecular weight excluding hydrogens is 358 g/mol. The highest BCUT2D eigenvalue weighted by atomic mass is 35.5. The predicted molar refractivity (Wildman–Crippen MR) is 113 cm³/mol. The molecule has 3 aromatic rings. The van der Waals surface area contributed by atoms with E-state index in [2.05, 4.69) is 46.0 Å². The molecular formula is C22H24ClN3O. The summed E-state index contributed by atoms with van der Waals surface area (Å²) in [6.45, 7) is 7.95. The van der Waals surface area contributed by atoms with Crippen LogP contribution in [0.15, 0.2) is 53.3 Å². The maximum atomic E-state index is 11.9. The lowest BCUT2D eigenvalue weighted by Gasteiger charge is -2.39. The summed E-state index contributed by atoms with van der Waals surface area (Å²) in [6.07, 6.45) is 0. The number of nitrogens with zero attached hydrogens (tertiary/aromatic N) is 2. The average Bonchev–Trinajstić information content (AvgIpc) is 2.68. The zero-order valence-corrected chi connectivity index (χ0v) is 16.5. The van der Waals surface area contributed by atoms with Gasteiger partial charge < -0.3 is 9.88 Å². The third-order valence-corrected chi connectivity index (χ3v) is 5.91. The Labute approximate surface area is 164 Å². The number of aryl methyl sites for hydroxylation is 1. The molecule has 1 saturated heterocycles. The van der Waals surface area contributed by atoms with Crippen LogP contribution in [0.5, 0.6) is 0 Å². The second-order valence-corrected chi connectivity index (χ2v) is 7.69. The van der Waals surface area contributed by atoms with Crippen molar-refractivity contribution >= 4 is 28.2 Å². The number of piperazine rings is 1. The molecule has 0 radical (unpaired) electrons. The van der Waals surface area contributed by atoms with Crippen molar-refractivity contribution in [3.05, 3.63) is 75.0 Å². The molecule has 27 heavy (non-hydrogen) atoms. The number of H-pyrrole nitrogens is 1. The Balaban J connectivity index is 1.50. The third-order valence-electron chi connectivity index (χ3n) is 5.59. The summed E-state index contributed by atoms with van der Waals surface area (Å²) < 4.78 is 0. The first-order valence-corrected chi connectivity index (χ1v) is 9.78. The first kappa shape index (κ1) is 18.1. The highest BCUT2D eigenvalue weighted by Crippen LogP contribution is 2.29. The van der Waals surface area contributed by atoms with Crippen molar-refractivity contribution in [1.82, 2.24) is 9.88 Å². The topological polar surface area (TPSA) is 39.3 Å². The molecule has 1 N–H and O–H groups in total. The zero-order chi connectivity index (χ0) is 19.0. The molecule has 0 spiro atoms. The first-order valence-electron chi connectivity index (χ1n) is 9.40. The van der Waals surface area contributed by atoms with Crippen LogP contribution in [0.3, 0.4) is 0 Å². The number of benzene rings is 2. The van der Waals surface area contributed by atoms with Crippen LogP contribution in [-0.2, 0) is 0 Å². The average molecular weight is 382 g/mol. The molecule has 4 nitrogen and oxygen atoms in total. The lowest BCUT2D eigenvalue weighted by Crippen LogP contribution is -2.47. The van der Waals surface area contributed by atoms with E-state index in [0.29, 0.717) is 6.04 Å². The van der Waals surface area contributed by atoms with E-state index in [9.17, 15) is 4.79 Å². The molecule has 1 unspecified atom stereocenters. The first-order chi connectivity index (χ1) is 13.0. The zero-order valence-electron chi connectivity index (χ0n) is 15.7. The van der Waals surface area contributed by atoms with Gasteiger partial charge in [-0.2, -0.15) is 0 Å². The minimum atomic E-state index is -0.0133. The normalized spacial score (nSPS) is 16.6. The summed E-state index contributed by atoms with van der Waals surface area (Å²) in [5, 5.41) is 1.89. The maximum Gasteiger partial charge on any atom is 0.251 e. The number of fused-ring (bicyclic) bond motifs is 1. The highest BCUT2D eigenvalue weighted by Gasteiger charge is 2.23. The van der Waals surface area contributed by atoms with Crippen molar-refractivity contribution in [2.45, 2.75) is 19.9 Å². The molecule has 140 valence electrons. The molecule has 1 aromatic heterocycles. The number of hydrogen-bond donors (Lipinski definition) is 1. The van der Waals surface area contributed by atoms with Crippen molar-refractivity contribution in [1.29, 1.82) is 0 Å². The van der Waals surface area contributed by atoms with Gasteiger partial charge in [0.2, 0.25) is 0 Å². The van der Waals surface area contributed by atoms with E-state index < -0.39 is 0 Å². The minimum Gasteiger partial charge on any atom is -0.368 e. The number of hydrogen-bond acceptors (Lipinski definition) is 3. The largest absolute Gasteiger partial charge is 0.368 e. The molecule has 0 aliphatic carbocycles. The van der Waals surface area contributed by atoms with Crippen molar-refractivity contribution in [3.63, 3.8) is 0 Å². The van der Waals surface area contributed by atoms with E-state index in [1.165, 1.54) is 5.56 Å². The van der Waals surface area contributed by atoms with Crippen molar-refractivity contribution in [2.24, 2.45) is 0 Å². The van der Waals surface area contributed by atoms with Gasteiger partial charge in [0, 0.05) is 43.3 Å². The number of anilines is 1. The standard InChI is InChI=1S/C22H24ClN3O/c1-15-13-18-8-7-17(14-20(18)24-22(15)27)16(2)25-9-11-26(12-10-25)21-6-4-3-5-19(21)23/h3-8,13-14,16H,9-12H2,1-2H3,(H,24,27). The molecule has 1 atom stereocenters. The van der Waals surface area contributed by atoms with Gasteiger partial charge in [0.15, 0.2) is 0 Å². The molecule has 0 saturated carbocycles. The van der Waals surface area contributed by atoms with Crippen molar-refractivity contribution < 1.29 is 0 Å². The maximum absolute atomic E-state index is 11.9. The van der Waals surface area contributed by atoms with Crippen LogP contribution in [-0.4, -0.2) is 36.1 Å². The Morgan fingerprint density at radius 2 is 1.78 bits per heavy atom. The fraction of sp³-hybridized carbons (Fsp3) is 0.318. The van der Waals surface area contributed by atoms with Gasteiger partial charge >= 0.3 is 0 Å². The Morgan fingerprint density at radius 3 is 2.52 bits per heavy atom. The Kier molecular flexibility index (Phi) is 4.94. The molecule has 5 heteroatoms. The quantitative estimate of drug-likeness (QED) is 0.732. The van der Waals surface area contributed by atoms with Gasteiger partial charge in [-0.15, -0.1) is 0 Å².